The highest BCUT2D eigenvalue weighted by Gasteiger charge is 2.31. The summed E-state index contributed by atoms with van der Waals surface area (Å²) in [6, 6.07) is 14.9. The number of nitrogens with zero attached hydrogens (tertiary/aromatic N) is 1. The number of benzene rings is 2. The molecule has 0 aliphatic carbocycles. The van der Waals surface area contributed by atoms with E-state index >= 15 is 0 Å². The van der Waals surface area contributed by atoms with Gasteiger partial charge in [-0.1, -0.05) is 50.7 Å². The van der Waals surface area contributed by atoms with Crippen molar-refractivity contribution in [3.8, 4) is 16.2 Å². The van der Waals surface area contributed by atoms with Crippen LogP contribution in [-0.2, 0) is 0 Å². The van der Waals surface area contributed by atoms with Gasteiger partial charge < -0.3 is 4.74 Å². The van der Waals surface area contributed by atoms with Crippen molar-refractivity contribution < 1.29 is 4.74 Å². The topological polar surface area (TPSA) is 12.2 Å². The van der Waals surface area contributed by atoms with E-state index in [0.717, 1.165) is 23.3 Å². The van der Waals surface area contributed by atoms with Gasteiger partial charge in [0, 0.05) is 13.6 Å². The third kappa shape index (κ3) is 3.41. The molecule has 2 heterocycles. The van der Waals surface area contributed by atoms with Gasteiger partial charge in [-0.05, 0) is 72.3 Å². The minimum absolute atomic E-state index is 0.0452. The molecule has 1 atom stereocenters. The minimum atomic E-state index is -0.0452. The van der Waals surface area contributed by atoms with Gasteiger partial charge in [0.05, 0.1) is 9.75 Å². The van der Waals surface area contributed by atoms with Gasteiger partial charge in [-0.15, -0.1) is 0 Å². The van der Waals surface area contributed by atoms with Crippen LogP contribution in [0.25, 0.3) is 10.4 Å². The van der Waals surface area contributed by atoms with Crippen molar-refractivity contribution in [1.82, 2.24) is 4.58 Å². The molecule has 1 aliphatic heterocycles. The second-order valence-corrected chi connectivity index (χ2v) is 10.5. The quantitative estimate of drug-likeness (QED) is 0.278. The SMILES string of the molecule is CC[N+](CC)=c1sc2c(s1)C(c1ccc(Br)cc1)Oc1ccc(I)cc1-2. The second kappa shape index (κ2) is 7.73. The van der Waals surface area contributed by atoms with E-state index in [9.17, 15) is 0 Å². The van der Waals surface area contributed by atoms with Crippen LogP contribution in [0.15, 0.2) is 46.9 Å². The molecule has 1 unspecified atom stereocenters. The van der Waals surface area contributed by atoms with Crippen LogP contribution in [-0.4, -0.2) is 13.1 Å². The number of rotatable bonds is 3. The zero-order valence-electron chi connectivity index (χ0n) is 14.5. The van der Waals surface area contributed by atoms with Gasteiger partial charge >= 0.3 is 3.98 Å². The molecular weight excluding hydrogens is 541 g/mol. The maximum atomic E-state index is 6.48. The summed E-state index contributed by atoms with van der Waals surface area (Å²) in [7, 11) is 0. The summed E-state index contributed by atoms with van der Waals surface area (Å²) >= 11 is 9.68. The molecule has 6 heteroatoms. The zero-order chi connectivity index (χ0) is 18.3. The van der Waals surface area contributed by atoms with Crippen LogP contribution >= 0.6 is 61.2 Å². The molecule has 3 aromatic rings. The lowest BCUT2D eigenvalue weighted by Crippen LogP contribution is -2.25. The zero-order valence-corrected chi connectivity index (χ0v) is 19.8. The van der Waals surface area contributed by atoms with Crippen molar-refractivity contribution in [2.24, 2.45) is 0 Å². The van der Waals surface area contributed by atoms with Crippen LogP contribution in [0, 0.1) is 3.57 Å². The van der Waals surface area contributed by atoms with E-state index in [2.05, 4.69) is 99.4 Å². The molecule has 26 heavy (non-hydrogen) atoms. The fourth-order valence-electron chi connectivity index (χ4n) is 3.09. The first-order valence-electron chi connectivity index (χ1n) is 8.54. The molecule has 0 spiro atoms. The minimum Gasteiger partial charge on any atom is -0.479 e. The Labute approximate surface area is 183 Å². The van der Waals surface area contributed by atoms with Gasteiger partial charge in [0.25, 0.3) is 0 Å². The van der Waals surface area contributed by atoms with E-state index in [1.54, 1.807) is 0 Å². The van der Waals surface area contributed by atoms with Gasteiger partial charge in [0.15, 0.2) is 6.10 Å². The Kier molecular flexibility index (Phi) is 5.55. The second-order valence-electron chi connectivity index (χ2n) is 6.03. The lowest BCUT2D eigenvalue weighted by atomic mass is 10.0. The molecule has 0 bridgehead atoms. The number of halogens is 2. The molecule has 0 radical (unpaired) electrons. The monoisotopic (exact) mass is 558 g/mol. The van der Waals surface area contributed by atoms with Gasteiger partial charge in [0.1, 0.15) is 18.8 Å². The maximum absolute atomic E-state index is 6.48. The highest BCUT2D eigenvalue weighted by atomic mass is 127. The molecule has 1 aromatic heterocycles. The molecule has 0 amide bonds. The number of hydrogen-bond acceptors (Lipinski definition) is 3. The summed E-state index contributed by atoms with van der Waals surface area (Å²) in [6.07, 6.45) is -0.0452. The lowest BCUT2D eigenvalue weighted by Gasteiger charge is -2.26. The largest absolute Gasteiger partial charge is 0.479 e. The Morgan fingerprint density at radius 2 is 1.81 bits per heavy atom. The van der Waals surface area contributed by atoms with Crippen molar-refractivity contribution in [3.05, 3.63) is 64.9 Å². The van der Waals surface area contributed by atoms with Crippen LogP contribution in [0.5, 0.6) is 5.75 Å². The lowest BCUT2D eigenvalue weighted by molar-refractivity contribution is 0.248. The van der Waals surface area contributed by atoms with Crippen molar-refractivity contribution in [1.29, 1.82) is 0 Å². The molecule has 134 valence electrons. The summed E-state index contributed by atoms with van der Waals surface area (Å²) in [5.74, 6) is 0.978. The number of hydrogen-bond donors (Lipinski definition) is 0. The third-order valence-electron chi connectivity index (χ3n) is 4.47. The summed E-state index contributed by atoms with van der Waals surface area (Å²) < 4.78 is 12.6. The predicted octanol–water partition coefficient (Wildman–Crippen LogP) is 6.14. The average molecular weight is 559 g/mol. The van der Waals surface area contributed by atoms with E-state index in [4.69, 9.17) is 4.74 Å². The first-order chi connectivity index (χ1) is 12.6. The van der Waals surface area contributed by atoms with Gasteiger partial charge in [0.2, 0.25) is 0 Å². The summed E-state index contributed by atoms with van der Waals surface area (Å²) in [5, 5.41) is 0. The van der Waals surface area contributed by atoms with Crippen LogP contribution < -0.4 is 13.3 Å². The van der Waals surface area contributed by atoms with E-state index in [-0.39, 0.29) is 6.10 Å². The van der Waals surface area contributed by atoms with Gasteiger partial charge in [-0.25, -0.2) is 4.58 Å². The van der Waals surface area contributed by atoms with Crippen molar-refractivity contribution >= 4 is 61.2 Å². The average Bonchev–Trinajstić information content (AvgIpc) is 3.08. The molecule has 0 N–H and O–H groups in total. The first kappa shape index (κ1) is 18.7. The smallest absolute Gasteiger partial charge is 0.314 e. The van der Waals surface area contributed by atoms with Crippen molar-refractivity contribution in [2.75, 3.05) is 13.1 Å². The van der Waals surface area contributed by atoms with Crippen molar-refractivity contribution in [2.45, 2.75) is 20.0 Å². The fraction of sp³-hybridized carbons (Fsp3) is 0.250. The van der Waals surface area contributed by atoms with E-state index in [0.29, 0.717) is 0 Å². The van der Waals surface area contributed by atoms with Gasteiger partial charge in [-0.3, -0.25) is 0 Å². The molecule has 4 rings (SSSR count). The predicted molar refractivity (Wildman–Crippen MR) is 123 cm³/mol. The molecule has 2 nitrogen and oxygen atoms in total. The summed E-state index contributed by atoms with van der Waals surface area (Å²) in [4.78, 5) is 2.67. The maximum Gasteiger partial charge on any atom is 0.314 e. The Morgan fingerprint density at radius 1 is 1.08 bits per heavy atom. The molecule has 0 fully saturated rings. The van der Waals surface area contributed by atoms with E-state index in [1.807, 2.05) is 22.7 Å². The number of fused-ring (bicyclic) bond motifs is 3. The standard InChI is InChI=1S/C20H18BrINOS2/c1-3-23(4-2)20-25-18-15-11-14(22)9-10-16(15)24-17(19(18)26-20)12-5-7-13(21)8-6-12/h5-11,17H,3-4H2,1-2H3/q+1. The van der Waals surface area contributed by atoms with Crippen LogP contribution in [0.1, 0.15) is 30.4 Å². The first-order valence-corrected chi connectivity index (χ1v) is 12.0. The molecule has 0 saturated heterocycles. The Hall–Kier alpha value is -0.700. The highest BCUT2D eigenvalue weighted by Crippen LogP contribution is 2.48. The van der Waals surface area contributed by atoms with Crippen LogP contribution in [0.2, 0.25) is 0 Å². The Balaban J connectivity index is 1.95. The van der Waals surface area contributed by atoms with Crippen LogP contribution in [0.4, 0.5) is 0 Å². The molecule has 2 aromatic carbocycles. The van der Waals surface area contributed by atoms with Gasteiger partial charge in [-0.2, -0.15) is 0 Å². The summed E-state index contributed by atoms with van der Waals surface area (Å²) in [5.41, 5.74) is 2.42. The molecule has 1 aliphatic rings. The fourth-order valence-corrected chi connectivity index (χ4v) is 6.89. The van der Waals surface area contributed by atoms with Crippen LogP contribution in [0.3, 0.4) is 0 Å². The molecule has 0 saturated carbocycles. The highest BCUT2D eigenvalue weighted by molar-refractivity contribution is 14.1. The van der Waals surface area contributed by atoms with E-state index in [1.165, 1.54) is 28.4 Å². The Morgan fingerprint density at radius 3 is 2.50 bits per heavy atom. The Bertz CT molecular complexity index is 1020. The summed E-state index contributed by atoms with van der Waals surface area (Å²) in [6.45, 7) is 6.48. The number of ether oxygens (including phenoxy) is 1. The normalized spacial score (nSPS) is 15.2. The van der Waals surface area contributed by atoms with E-state index < -0.39 is 0 Å². The van der Waals surface area contributed by atoms with Crippen molar-refractivity contribution in [3.63, 3.8) is 0 Å². The molecular formula is C20H18BrINOS2+. The third-order valence-corrected chi connectivity index (χ3v) is 8.45.